The zero-order valence-corrected chi connectivity index (χ0v) is 13.1. The molecule has 2 rings (SSSR count). The van der Waals surface area contributed by atoms with Crippen LogP contribution in [0.25, 0.3) is 0 Å². The van der Waals surface area contributed by atoms with Crippen LogP contribution in [-0.2, 0) is 16.4 Å². The number of aliphatic hydroxyl groups is 1. The molecule has 0 radical (unpaired) electrons. The van der Waals surface area contributed by atoms with E-state index in [2.05, 4.69) is 0 Å². The van der Waals surface area contributed by atoms with E-state index in [9.17, 15) is 13.5 Å². The van der Waals surface area contributed by atoms with Gasteiger partial charge in [0.2, 0.25) is 0 Å². The summed E-state index contributed by atoms with van der Waals surface area (Å²) in [5.41, 5.74) is 0.975. The summed E-state index contributed by atoms with van der Waals surface area (Å²) in [7, 11) is 0.503. The lowest BCUT2D eigenvalue weighted by Crippen LogP contribution is -2.49. The second kappa shape index (κ2) is 5.99. The van der Waals surface area contributed by atoms with Gasteiger partial charge in [0, 0.05) is 25.7 Å². The van der Waals surface area contributed by atoms with E-state index >= 15 is 0 Å². The Morgan fingerprint density at radius 3 is 2.55 bits per heavy atom. The molecule has 1 aromatic carbocycles. The third-order valence-electron chi connectivity index (χ3n) is 3.42. The van der Waals surface area contributed by atoms with Crippen LogP contribution in [0, 0.1) is 0 Å². The normalized spacial score (nSPS) is 25.5. The molecular formula is C13H19ClN2O3S. The third kappa shape index (κ3) is 3.71. The summed E-state index contributed by atoms with van der Waals surface area (Å²) in [6.45, 7) is 0.505. The SMILES string of the molecule is CN(C)N(Cc1cccc(Cl)c1)[C@H]1CS(=O)(=O)C[C@H]1O. The van der Waals surface area contributed by atoms with E-state index in [4.69, 9.17) is 11.6 Å². The van der Waals surface area contributed by atoms with Crippen LogP contribution in [0.4, 0.5) is 0 Å². The lowest BCUT2D eigenvalue weighted by Gasteiger charge is -2.35. The molecule has 5 nitrogen and oxygen atoms in total. The van der Waals surface area contributed by atoms with Crippen LogP contribution in [0.1, 0.15) is 5.56 Å². The van der Waals surface area contributed by atoms with Crippen molar-refractivity contribution >= 4 is 21.4 Å². The van der Waals surface area contributed by atoms with Crippen molar-refractivity contribution in [3.63, 3.8) is 0 Å². The minimum Gasteiger partial charge on any atom is -0.390 e. The minimum absolute atomic E-state index is 0.0209. The van der Waals surface area contributed by atoms with Crippen molar-refractivity contribution in [3.05, 3.63) is 34.9 Å². The van der Waals surface area contributed by atoms with E-state index in [1.807, 2.05) is 42.3 Å². The largest absolute Gasteiger partial charge is 0.390 e. The molecule has 20 heavy (non-hydrogen) atoms. The van der Waals surface area contributed by atoms with Crippen molar-refractivity contribution in [2.24, 2.45) is 0 Å². The molecule has 0 aromatic heterocycles. The zero-order valence-electron chi connectivity index (χ0n) is 11.5. The Morgan fingerprint density at radius 1 is 1.35 bits per heavy atom. The smallest absolute Gasteiger partial charge is 0.154 e. The van der Waals surface area contributed by atoms with Gasteiger partial charge in [0.15, 0.2) is 9.84 Å². The van der Waals surface area contributed by atoms with Crippen LogP contribution >= 0.6 is 11.6 Å². The maximum Gasteiger partial charge on any atom is 0.154 e. The van der Waals surface area contributed by atoms with Crippen molar-refractivity contribution in [1.82, 2.24) is 10.0 Å². The summed E-state index contributed by atoms with van der Waals surface area (Å²) in [5.74, 6) is -0.190. The number of hydrogen-bond acceptors (Lipinski definition) is 5. The Bertz CT molecular complexity index is 577. The summed E-state index contributed by atoms with van der Waals surface area (Å²) in [5, 5.41) is 14.3. The van der Waals surface area contributed by atoms with Crippen LogP contribution < -0.4 is 0 Å². The highest BCUT2D eigenvalue weighted by Crippen LogP contribution is 2.22. The molecule has 112 valence electrons. The Labute approximate surface area is 124 Å². The fourth-order valence-corrected chi connectivity index (χ4v) is 4.48. The number of benzene rings is 1. The number of hydrazine groups is 1. The Kier molecular flexibility index (Phi) is 4.71. The molecule has 0 bridgehead atoms. The second-order valence-corrected chi connectivity index (χ2v) is 7.88. The highest BCUT2D eigenvalue weighted by molar-refractivity contribution is 7.91. The molecule has 1 fully saturated rings. The lowest BCUT2D eigenvalue weighted by atomic mass is 10.1. The van der Waals surface area contributed by atoms with Crippen LogP contribution in [0.3, 0.4) is 0 Å². The van der Waals surface area contributed by atoms with Gasteiger partial charge in [0.25, 0.3) is 0 Å². The molecule has 1 heterocycles. The van der Waals surface area contributed by atoms with Crippen molar-refractivity contribution in [2.45, 2.75) is 18.7 Å². The Balaban J connectivity index is 2.20. The van der Waals surface area contributed by atoms with Gasteiger partial charge in [-0.3, -0.25) is 0 Å². The molecule has 1 saturated heterocycles. The summed E-state index contributed by atoms with van der Waals surface area (Å²) in [4.78, 5) is 0. The van der Waals surface area contributed by atoms with Gasteiger partial charge < -0.3 is 5.11 Å². The number of sulfone groups is 1. The van der Waals surface area contributed by atoms with E-state index < -0.39 is 22.0 Å². The van der Waals surface area contributed by atoms with Gasteiger partial charge >= 0.3 is 0 Å². The maximum absolute atomic E-state index is 11.7. The van der Waals surface area contributed by atoms with Crippen molar-refractivity contribution in [3.8, 4) is 0 Å². The van der Waals surface area contributed by atoms with Gasteiger partial charge in [-0.25, -0.2) is 18.4 Å². The average Bonchev–Trinajstić information content (AvgIpc) is 2.59. The van der Waals surface area contributed by atoms with Crippen LogP contribution in [0.5, 0.6) is 0 Å². The van der Waals surface area contributed by atoms with E-state index in [0.29, 0.717) is 11.6 Å². The van der Waals surface area contributed by atoms with Gasteiger partial charge in [-0.1, -0.05) is 23.7 Å². The van der Waals surface area contributed by atoms with Crippen molar-refractivity contribution in [2.75, 3.05) is 25.6 Å². The van der Waals surface area contributed by atoms with Crippen LogP contribution in [-0.4, -0.2) is 61.3 Å². The Morgan fingerprint density at radius 2 is 2.05 bits per heavy atom. The molecule has 1 aliphatic rings. The highest BCUT2D eigenvalue weighted by Gasteiger charge is 2.40. The summed E-state index contributed by atoms with van der Waals surface area (Å²) in [6, 6.07) is 6.99. The van der Waals surface area contributed by atoms with Gasteiger partial charge in [-0.05, 0) is 17.7 Å². The number of rotatable bonds is 4. The molecule has 0 saturated carbocycles. The van der Waals surface area contributed by atoms with E-state index in [1.165, 1.54) is 0 Å². The van der Waals surface area contributed by atoms with E-state index in [-0.39, 0.29) is 11.5 Å². The van der Waals surface area contributed by atoms with E-state index in [0.717, 1.165) is 5.56 Å². The molecule has 0 unspecified atom stereocenters. The fourth-order valence-electron chi connectivity index (χ4n) is 2.47. The Hall–Kier alpha value is -0.660. The second-order valence-electron chi connectivity index (χ2n) is 5.29. The first-order valence-electron chi connectivity index (χ1n) is 6.35. The first-order chi connectivity index (χ1) is 9.28. The maximum atomic E-state index is 11.7. The molecule has 1 aromatic rings. The molecule has 0 spiro atoms. The predicted octanol–water partition coefficient (Wildman–Crippen LogP) is 0.776. The van der Waals surface area contributed by atoms with Crippen molar-refractivity contribution in [1.29, 1.82) is 0 Å². The molecule has 1 N–H and O–H groups in total. The molecule has 1 aliphatic heterocycles. The minimum atomic E-state index is -3.17. The monoisotopic (exact) mass is 318 g/mol. The van der Waals surface area contributed by atoms with Gasteiger partial charge in [-0.2, -0.15) is 0 Å². The van der Waals surface area contributed by atoms with Gasteiger partial charge in [-0.15, -0.1) is 0 Å². The van der Waals surface area contributed by atoms with Gasteiger partial charge in [0.05, 0.1) is 23.7 Å². The summed E-state index contributed by atoms with van der Waals surface area (Å²) < 4.78 is 23.3. The average molecular weight is 319 g/mol. The fraction of sp³-hybridized carbons (Fsp3) is 0.538. The van der Waals surface area contributed by atoms with E-state index in [1.54, 1.807) is 6.07 Å². The number of halogens is 1. The summed E-state index contributed by atoms with van der Waals surface area (Å²) in [6.07, 6.45) is -0.860. The highest BCUT2D eigenvalue weighted by atomic mass is 35.5. The number of nitrogens with zero attached hydrogens (tertiary/aromatic N) is 2. The predicted molar refractivity (Wildman–Crippen MR) is 79.1 cm³/mol. The van der Waals surface area contributed by atoms with Gasteiger partial charge in [0.1, 0.15) is 0 Å². The number of aliphatic hydroxyl groups excluding tert-OH is 1. The quantitative estimate of drug-likeness (QED) is 0.831. The van der Waals surface area contributed by atoms with Crippen molar-refractivity contribution < 1.29 is 13.5 Å². The van der Waals surface area contributed by atoms with Crippen LogP contribution in [0.2, 0.25) is 5.02 Å². The molecule has 7 heteroatoms. The van der Waals surface area contributed by atoms with Crippen LogP contribution in [0.15, 0.2) is 24.3 Å². The third-order valence-corrected chi connectivity index (χ3v) is 5.36. The molecule has 0 aliphatic carbocycles. The first-order valence-corrected chi connectivity index (χ1v) is 8.55. The lowest BCUT2D eigenvalue weighted by molar-refractivity contribution is -0.0558. The molecule has 2 atom stereocenters. The topological polar surface area (TPSA) is 60.9 Å². The number of hydrogen-bond donors (Lipinski definition) is 1. The molecular weight excluding hydrogens is 300 g/mol. The first kappa shape index (κ1) is 15.7. The standard InChI is InChI=1S/C13H19ClN2O3S/c1-15(2)16(7-10-4-3-5-11(14)6-10)12-8-20(18,19)9-13(12)17/h3-6,12-13,17H,7-9H2,1-2H3/t12-,13+/m0/s1. The summed E-state index contributed by atoms with van der Waals surface area (Å²) >= 11 is 5.96. The zero-order chi connectivity index (χ0) is 14.9. The molecule has 0 amide bonds.